The molecule has 22 heavy (non-hydrogen) atoms. The van der Waals surface area contributed by atoms with Crippen molar-refractivity contribution in [2.75, 3.05) is 5.73 Å². The molecule has 0 saturated carbocycles. The highest BCUT2D eigenvalue weighted by Crippen LogP contribution is 2.22. The largest absolute Gasteiger partial charge is 0.383 e. The zero-order chi connectivity index (χ0) is 15.7. The van der Waals surface area contributed by atoms with Crippen LogP contribution in [0.25, 0.3) is 5.69 Å². The number of aromatic nitrogens is 2. The molecule has 3 rings (SSSR count). The summed E-state index contributed by atoms with van der Waals surface area (Å²) in [4.78, 5) is 12.5. The second-order valence-electron chi connectivity index (χ2n) is 4.67. The molecule has 0 amide bonds. The molecule has 0 spiro atoms. The number of carbonyl (C=O) groups excluding carboxylic acids is 1. The maximum atomic E-state index is 12.5. The molecule has 0 unspecified atom stereocenters. The Labute approximate surface area is 137 Å². The third kappa shape index (κ3) is 2.71. The molecule has 0 aliphatic heterocycles. The van der Waals surface area contributed by atoms with Crippen molar-refractivity contribution < 1.29 is 4.79 Å². The summed E-state index contributed by atoms with van der Waals surface area (Å²) in [5.74, 6) is 0.0802. The highest BCUT2D eigenvalue weighted by molar-refractivity contribution is 6.31. The predicted octanol–water partition coefficient (Wildman–Crippen LogP) is 3.99. The second kappa shape index (κ2) is 5.83. The highest BCUT2D eigenvalue weighted by Gasteiger charge is 2.17. The fourth-order valence-corrected chi connectivity index (χ4v) is 2.33. The van der Waals surface area contributed by atoms with Crippen molar-refractivity contribution in [2.45, 2.75) is 0 Å². The first-order valence-corrected chi connectivity index (χ1v) is 7.21. The van der Waals surface area contributed by atoms with Gasteiger partial charge in [-0.05, 0) is 48.5 Å². The van der Waals surface area contributed by atoms with E-state index in [1.165, 1.54) is 10.9 Å². The van der Waals surface area contributed by atoms with Crippen LogP contribution in [-0.4, -0.2) is 15.6 Å². The molecule has 1 heterocycles. The SMILES string of the molecule is Nc1c(C(=O)c2ccc(Cl)cc2)cnn1-c1ccc(Cl)cc1. The van der Waals surface area contributed by atoms with Crippen molar-refractivity contribution in [1.82, 2.24) is 9.78 Å². The van der Waals surface area contributed by atoms with Gasteiger partial charge in [0.25, 0.3) is 0 Å². The van der Waals surface area contributed by atoms with E-state index in [0.717, 1.165) is 5.69 Å². The summed E-state index contributed by atoms with van der Waals surface area (Å²) in [6.45, 7) is 0. The minimum absolute atomic E-state index is 0.200. The Morgan fingerprint density at radius 3 is 2.09 bits per heavy atom. The van der Waals surface area contributed by atoms with E-state index in [-0.39, 0.29) is 11.6 Å². The number of ketones is 1. The number of nitrogens with zero attached hydrogens (tertiary/aromatic N) is 2. The maximum Gasteiger partial charge on any atom is 0.198 e. The van der Waals surface area contributed by atoms with Gasteiger partial charge in [-0.3, -0.25) is 4.79 Å². The number of nitrogens with two attached hydrogens (primary N) is 1. The van der Waals surface area contributed by atoms with E-state index in [4.69, 9.17) is 28.9 Å². The van der Waals surface area contributed by atoms with E-state index in [9.17, 15) is 4.79 Å². The van der Waals surface area contributed by atoms with Gasteiger partial charge >= 0.3 is 0 Å². The van der Waals surface area contributed by atoms with Crippen molar-refractivity contribution in [1.29, 1.82) is 0 Å². The summed E-state index contributed by atoms with van der Waals surface area (Å²) in [6.07, 6.45) is 1.46. The Morgan fingerprint density at radius 1 is 0.955 bits per heavy atom. The molecular weight excluding hydrogens is 321 g/mol. The molecule has 6 heteroatoms. The van der Waals surface area contributed by atoms with Gasteiger partial charge in [-0.2, -0.15) is 5.10 Å². The average molecular weight is 332 g/mol. The van der Waals surface area contributed by atoms with Crippen LogP contribution in [0.4, 0.5) is 5.82 Å². The summed E-state index contributed by atoms with van der Waals surface area (Å²) in [5, 5.41) is 5.37. The molecule has 0 aliphatic carbocycles. The molecule has 4 nitrogen and oxygen atoms in total. The van der Waals surface area contributed by atoms with Crippen molar-refractivity contribution in [3.8, 4) is 5.69 Å². The molecule has 0 aliphatic rings. The summed E-state index contributed by atoms with van der Waals surface area (Å²) in [5.41, 5.74) is 7.65. The number of nitrogen functional groups attached to an aromatic ring is 1. The number of halogens is 2. The molecule has 110 valence electrons. The smallest absolute Gasteiger partial charge is 0.198 e. The van der Waals surface area contributed by atoms with E-state index in [2.05, 4.69) is 5.10 Å². The normalized spacial score (nSPS) is 10.6. The molecule has 0 fully saturated rings. The first kappa shape index (κ1) is 14.6. The Bertz CT molecular complexity index is 824. The van der Waals surface area contributed by atoms with E-state index < -0.39 is 0 Å². The van der Waals surface area contributed by atoms with Crippen molar-refractivity contribution >= 4 is 34.8 Å². The predicted molar refractivity (Wildman–Crippen MR) is 87.9 cm³/mol. The molecule has 3 aromatic rings. The Hall–Kier alpha value is -2.30. The fourth-order valence-electron chi connectivity index (χ4n) is 2.08. The lowest BCUT2D eigenvalue weighted by Crippen LogP contribution is -2.07. The summed E-state index contributed by atoms with van der Waals surface area (Å²) in [6, 6.07) is 13.7. The lowest BCUT2D eigenvalue weighted by Gasteiger charge is -2.05. The van der Waals surface area contributed by atoms with E-state index in [0.29, 0.717) is 21.2 Å². The van der Waals surface area contributed by atoms with Crippen LogP contribution in [0.1, 0.15) is 15.9 Å². The van der Waals surface area contributed by atoms with Gasteiger partial charge in [0.05, 0.1) is 17.4 Å². The van der Waals surface area contributed by atoms with Gasteiger partial charge in [0, 0.05) is 15.6 Å². The van der Waals surface area contributed by atoms with Gasteiger partial charge in [-0.1, -0.05) is 23.2 Å². The maximum absolute atomic E-state index is 12.5. The van der Waals surface area contributed by atoms with Crippen LogP contribution in [-0.2, 0) is 0 Å². The first-order chi connectivity index (χ1) is 10.6. The fraction of sp³-hybridized carbons (Fsp3) is 0. The number of benzene rings is 2. The molecule has 0 radical (unpaired) electrons. The van der Waals surface area contributed by atoms with E-state index in [1.54, 1.807) is 48.5 Å². The van der Waals surface area contributed by atoms with Gasteiger partial charge in [0.15, 0.2) is 5.78 Å². The quantitative estimate of drug-likeness (QED) is 0.738. The van der Waals surface area contributed by atoms with Crippen LogP contribution in [0.3, 0.4) is 0 Å². The van der Waals surface area contributed by atoms with Crippen molar-refractivity contribution in [3.05, 3.63) is 75.9 Å². The number of hydrogen-bond acceptors (Lipinski definition) is 3. The summed E-state index contributed by atoms with van der Waals surface area (Å²) in [7, 11) is 0. The van der Waals surface area contributed by atoms with Gasteiger partial charge in [-0.25, -0.2) is 4.68 Å². The van der Waals surface area contributed by atoms with Crippen LogP contribution >= 0.6 is 23.2 Å². The summed E-state index contributed by atoms with van der Waals surface area (Å²) >= 11 is 11.7. The number of anilines is 1. The van der Waals surface area contributed by atoms with Crippen LogP contribution < -0.4 is 5.73 Å². The van der Waals surface area contributed by atoms with Crippen molar-refractivity contribution in [3.63, 3.8) is 0 Å². The van der Waals surface area contributed by atoms with E-state index in [1.807, 2.05) is 0 Å². The van der Waals surface area contributed by atoms with Gasteiger partial charge in [-0.15, -0.1) is 0 Å². The van der Waals surface area contributed by atoms with Gasteiger partial charge in [0.1, 0.15) is 5.82 Å². The Balaban J connectivity index is 1.98. The standard InChI is InChI=1S/C16H11Cl2N3O/c17-11-3-1-10(2-4-11)15(22)14-9-20-21(16(14)19)13-7-5-12(18)6-8-13/h1-9H,19H2. The highest BCUT2D eigenvalue weighted by atomic mass is 35.5. The average Bonchev–Trinajstić information content (AvgIpc) is 2.90. The van der Waals surface area contributed by atoms with Gasteiger partial charge in [0.2, 0.25) is 0 Å². The summed E-state index contributed by atoms with van der Waals surface area (Å²) < 4.78 is 1.50. The molecule has 2 N–H and O–H groups in total. The number of carbonyl (C=O) groups is 1. The van der Waals surface area contributed by atoms with Crippen LogP contribution in [0, 0.1) is 0 Å². The molecular formula is C16H11Cl2N3O. The molecule has 0 saturated heterocycles. The van der Waals surface area contributed by atoms with Gasteiger partial charge < -0.3 is 5.73 Å². The van der Waals surface area contributed by atoms with Crippen LogP contribution in [0.5, 0.6) is 0 Å². The monoisotopic (exact) mass is 331 g/mol. The molecule has 0 atom stereocenters. The zero-order valence-electron chi connectivity index (χ0n) is 11.3. The minimum atomic E-state index is -0.200. The third-order valence-corrected chi connectivity index (χ3v) is 3.73. The number of hydrogen-bond donors (Lipinski definition) is 1. The topological polar surface area (TPSA) is 60.9 Å². The van der Waals surface area contributed by atoms with Crippen LogP contribution in [0.2, 0.25) is 10.0 Å². The number of rotatable bonds is 3. The lowest BCUT2D eigenvalue weighted by molar-refractivity contribution is 0.103. The third-order valence-electron chi connectivity index (χ3n) is 3.23. The molecule has 1 aromatic heterocycles. The Kier molecular flexibility index (Phi) is 3.88. The zero-order valence-corrected chi connectivity index (χ0v) is 12.8. The minimum Gasteiger partial charge on any atom is -0.383 e. The van der Waals surface area contributed by atoms with Crippen LogP contribution in [0.15, 0.2) is 54.7 Å². The molecule has 2 aromatic carbocycles. The van der Waals surface area contributed by atoms with E-state index >= 15 is 0 Å². The molecule has 0 bridgehead atoms. The first-order valence-electron chi connectivity index (χ1n) is 6.46. The Morgan fingerprint density at radius 2 is 1.50 bits per heavy atom. The second-order valence-corrected chi connectivity index (χ2v) is 5.54. The van der Waals surface area contributed by atoms with Crippen molar-refractivity contribution in [2.24, 2.45) is 0 Å². The lowest BCUT2D eigenvalue weighted by atomic mass is 10.1.